The topological polar surface area (TPSA) is 131 Å². The third-order valence-electron chi connectivity index (χ3n) is 3.72. The molecule has 0 heterocycles. The summed E-state index contributed by atoms with van der Waals surface area (Å²) in [6.07, 6.45) is 1.34. The van der Waals surface area contributed by atoms with Crippen LogP contribution < -0.4 is 5.43 Å². The molecule has 2 N–H and O–H groups in total. The molecule has 3 rings (SSSR count). The molecule has 0 amide bonds. The van der Waals surface area contributed by atoms with Crippen molar-refractivity contribution < 1.29 is 15.0 Å². The molecule has 0 radical (unpaired) electrons. The quantitative estimate of drug-likeness (QED) is 0.408. The van der Waals surface area contributed by atoms with Crippen molar-refractivity contribution in [3.8, 4) is 5.75 Å². The number of nitro benzene ring substituents is 2. The van der Waals surface area contributed by atoms with Gasteiger partial charge in [-0.3, -0.25) is 25.7 Å². The maximum Gasteiger partial charge on any atom is 0.301 e. The van der Waals surface area contributed by atoms with Crippen molar-refractivity contribution in [2.24, 2.45) is 5.10 Å². The summed E-state index contributed by atoms with van der Waals surface area (Å²) >= 11 is 0. The lowest BCUT2D eigenvalue weighted by Crippen LogP contribution is -1.99. The van der Waals surface area contributed by atoms with E-state index in [0.717, 1.165) is 22.9 Å². The number of phenols is 1. The third-order valence-corrected chi connectivity index (χ3v) is 3.72. The molecule has 0 unspecified atom stereocenters. The first-order valence-electron chi connectivity index (χ1n) is 7.40. The zero-order chi connectivity index (χ0) is 18.7. The highest BCUT2D eigenvalue weighted by Gasteiger charge is 2.19. The number of phenolic OH excluding ortho intramolecular Hbond substituents is 1. The van der Waals surface area contributed by atoms with Crippen molar-refractivity contribution >= 4 is 34.0 Å². The van der Waals surface area contributed by atoms with E-state index in [1.807, 2.05) is 24.3 Å². The van der Waals surface area contributed by atoms with E-state index in [1.54, 1.807) is 6.07 Å². The SMILES string of the molecule is O=[N+]([O-])c1ccc(NN=Cc2c(O)ccc3ccccc23)c([N+](=O)[O-])c1. The molecule has 0 saturated carbocycles. The summed E-state index contributed by atoms with van der Waals surface area (Å²) in [5.74, 6) is 0.00690. The molecule has 0 saturated heterocycles. The van der Waals surface area contributed by atoms with Gasteiger partial charge in [-0.1, -0.05) is 30.3 Å². The highest BCUT2D eigenvalue weighted by atomic mass is 16.6. The summed E-state index contributed by atoms with van der Waals surface area (Å²) in [6, 6.07) is 13.8. The van der Waals surface area contributed by atoms with E-state index in [-0.39, 0.29) is 11.4 Å². The van der Waals surface area contributed by atoms with Crippen LogP contribution in [0, 0.1) is 20.2 Å². The Bertz CT molecular complexity index is 1050. The number of aromatic hydroxyl groups is 1. The van der Waals surface area contributed by atoms with Gasteiger partial charge < -0.3 is 5.11 Å². The van der Waals surface area contributed by atoms with Crippen LogP contribution >= 0.6 is 0 Å². The largest absolute Gasteiger partial charge is 0.507 e. The van der Waals surface area contributed by atoms with Crippen molar-refractivity contribution in [2.45, 2.75) is 0 Å². The summed E-state index contributed by atoms with van der Waals surface area (Å²) in [6.45, 7) is 0. The summed E-state index contributed by atoms with van der Waals surface area (Å²) in [4.78, 5) is 20.4. The molecular formula is C17H12N4O5. The fraction of sp³-hybridized carbons (Fsp3) is 0. The maximum absolute atomic E-state index is 11.1. The lowest BCUT2D eigenvalue weighted by Gasteiger charge is -2.05. The highest BCUT2D eigenvalue weighted by molar-refractivity contribution is 6.02. The van der Waals surface area contributed by atoms with Crippen LogP contribution in [0.5, 0.6) is 5.75 Å². The summed E-state index contributed by atoms with van der Waals surface area (Å²) in [5, 5.41) is 37.5. The second-order valence-corrected chi connectivity index (χ2v) is 5.31. The minimum atomic E-state index is -0.736. The number of non-ortho nitro benzene ring substituents is 1. The van der Waals surface area contributed by atoms with Gasteiger partial charge in [0.15, 0.2) is 0 Å². The van der Waals surface area contributed by atoms with Gasteiger partial charge in [0, 0.05) is 11.6 Å². The van der Waals surface area contributed by atoms with Crippen LogP contribution in [0.3, 0.4) is 0 Å². The second-order valence-electron chi connectivity index (χ2n) is 5.31. The van der Waals surface area contributed by atoms with Crippen LogP contribution in [0.15, 0.2) is 59.7 Å². The second kappa shape index (κ2) is 6.85. The Morgan fingerprint density at radius 2 is 1.77 bits per heavy atom. The Morgan fingerprint density at radius 3 is 2.50 bits per heavy atom. The summed E-state index contributed by atoms with van der Waals surface area (Å²) in [5.41, 5.74) is 2.07. The molecule has 0 bridgehead atoms. The molecule has 9 heteroatoms. The monoisotopic (exact) mass is 352 g/mol. The third kappa shape index (κ3) is 3.26. The Balaban J connectivity index is 1.94. The lowest BCUT2D eigenvalue weighted by atomic mass is 10.0. The van der Waals surface area contributed by atoms with Gasteiger partial charge in [-0.05, 0) is 22.9 Å². The van der Waals surface area contributed by atoms with E-state index in [4.69, 9.17) is 0 Å². The fourth-order valence-corrected chi connectivity index (χ4v) is 2.47. The van der Waals surface area contributed by atoms with Crippen molar-refractivity contribution in [1.82, 2.24) is 0 Å². The molecule has 0 aliphatic heterocycles. The van der Waals surface area contributed by atoms with E-state index >= 15 is 0 Å². The number of nitrogens with one attached hydrogen (secondary N) is 1. The van der Waals surface area contributed by atoms with Crippen molar-refractivity contribution in [2.75, 3.05) is 5.43 Å². The molecule has 0 aliphatic rings. The first-order valence-corrected chi connectivity index (χ1v) is 7.40. The standard InChI is InChI=1S/C17H12N4O5/c22-17-8-5-11-3-1-2-4-13(11)14(17)10-18-19-15-7-6-12(20(23)24)9-16(15)21(25)26/h1-10,19,22H. The Kier molecular flexibility index (Phi) is 4.44. The average molecular weight is 352 g/mol. The van der Waals surface area contributed by atoms with Crippen LogP contribution in [-0.4, -0.2) is 21.2 Å². The molecular weight excluding hydrogens is 340 g/mol. The minimum Gasteiger partial charge on any atom is -0.507 e. The first-order chi connectivity index (χ1) is 12.5. The van der Waals surface area contributed by atoms with Crippen LogP contribution in [0.25, 0.3) is 10.8 Å². The predicted molar refractivity (Wildman–Crippen MR) is 96.6 cm³/mol. The zero-order valence-corrected chi connectivity index (χ0v) is 13.2. The first kappa shape index (κ1) is 16.8. The van der Waals surface area contributed by atoms with Crippen molar-refractivity contribution in [3.05, 3.63) is 80.4 Å². The molecule has 3 aromatic carbocycles. The maximum atomic E-state index is 11.1. The number of anilines is 1. The van der Waals surface area contributed by atoms with Gasteiger partial charge in [-0.2, -0.15) is 5.10 Å². The Hall–Kier alpha value is -4.01. The van der Waals surface area contributed by atoms with E-state index in [1.165, 1.54) is 18.3 Å². The summed E-state index contributed by atoms with van der Waals surface area (Å²) < 4.78 is 0. The van der Waals surface area contributed by atoms with Gasteiger partial charge in [0.25, 0.3) is 5.69 Å². The molecule has 3 aromatic rings. The number of nitrogens with zero attached hydrogens (tertiary/aromatic N) is 3. The molecule has 0 spiro atoms. The molecule has 130 valence electrons. The van der Waals surface area contributed by atoms with Crippen LogP contribution in [0.1, 0.15) is 5.56 Å². The average Bonchev–Trinajstić information content (AvgIpc) is 2.63. The van der Waals surface area contributed by atoms with Gasteiger partial charge >= 0.3 is 5.69 Å². The Labute approximate surface area is 146 Å². The van der Waals surface area contributed by atoms with Gasteiger partial charge in [0.1, 0.15) is 11.4 Å². The van der Waals surface area contributed by atoms with Crippen molar-refractivity contribution in [1.29, 1.82) is 0 Å². The lowest BCUT2D eigenvalue weighted by molar-refractivity contribution is -0.393. The Morgan fingerprint density at radius 1 is 1.00 bits per heavy atom. The van der Waals surface area contributed by atoms with Crippen LogP contribution in [0.2, 0.25) is 0 Å². The molecule has 26 heavy (non-hydrogen) atoms. The fourth-order valence-electron chi connectivity index (χ4n) is 2.47. The predicted octanol–water partition coefficient (Wildman–Crippen LogP) is 3.81. The normalized spacial score (nSPS) is 10.9. The van der Waals surface area contributed by atoms with Crippen LogP contribution in [0.4, 0.5) is 17.1 Å². The number of benzene rings is 3. The van der Waals surface area contributed by atoms with E-state index in [0.29, 0.717) is 5.56 Å². The number of nitro groups is 2. The minimum absolute atomic E-state index is 0.00317. The summed E-state index contributed by atoms with van der Waals surface area (Å²) in [7, 11) is 0. The van der Waals surface area contributed by atoms with Gasteiger partial charge in [-0.15, -0.1) is 0 Å². The van der Waals surface area contributed by atoms with E-state index < -0.39 is 21.2 Å². The van der Waals surface area contributed by atoms with Gasteiger partial charge in [0.2, 0.25) is 0 Å². The molecule has 0 fully saturated rings. The number of hydrazone groups is 1. The number of hydrogen-bond acceptors (Lipinski definition) is 7. The smallest absolute Gasteiger partial charge is 0.301 e. The molecule has 0 atom stereocenters. The van der Waals surface area contributed by atoms with Gasteiger partial charge in [-0.25, -0.2) is 0 Å². The van der Waals surface area contributed by atoms with E-state index in [2.05, 4.69) is 10.5 Å². The number of hydrogen-bond donors (Lipinski definition) is 2. The molecule has 9 nitrogen and oxygen atoms in total. The van der Waals surface area contributed by atoms with E-state index in [9.17, 15) is 25.3 Å². The molecule has 0 aliphatic carbocycles. The van der Waals surface area contributed by atoms with Gasteiger partial charge in [0.05, 0.1) is 22.1 Å². The highest BCUT2D eigenvalue weighted by Crippen LogP contribution is 2.29. The number of rotatable bonds is 5. The molecule has 0 aromatic heterocycles. The zero-order valence-electron chi connectivity index (χ0n) is 13.2. The van der Waals surface area contributed by atoms with Crippen molar-refractivity contribution in [3.63, 3.8) is 0 Å². The number of fused-ring (bicyclic) bond motifs is 1. The van der Waals surface area contributed by atoms with Crippen LogP contribution in [-0.2, 0) is 0 Å².